The molecular formula is C105H125Cl5N10O5. The fraction of sp³-hybridized carbons (Fsp3) is 0.429. The van der Waals surface area contributed by atoms with E-state index in [0.717, 1.165) is 92.7 Å². The topological polar surface area (TPSA) is 210 Å². The molecule has 5 heterocycles. The zero-order valence-electron chi connectivity index (χ0n) is 74.2. The molecule has 5 amide bonds. The Bertz CT molecular complexity index is 4340. The summed E-state index contributed by atoms with van der Waals surface area (Å²) in [6, 6.07) is 57.9. The van der Waals surface area contributed by atoms with Crippen LogP contribution in [0.3, 0.4) is 0 Å². The van der Waals surface area contributed by atoms with Crippen LogP contribution in [-0.4, -0.2) is 84.7 Å². The van der Waals surface area contributed by atoms with Gasteiger partial charge in [0.15, 0.2) is 0 Å². The number of nitrogens with zero attached hydrogens (tertiary/aromatic N) is 5. The molecule has 5 atom stereocenters. The summed E-state index contributed by atoms with van der Waals surface area (Å²) in [5.41, 5.74) is 15.8. The number of hydrogen-bond acceptors (Lipinski definition) is 10. The first kappa shape index (κ1) is 96.3. The molecule has 0 saturated heterocycles. The van der Waals surface area contributed by atoms with E-state index in [1.165, 1.54) is 92.0 Å². The lowest BCUT2D eigenvalue weighted by molar-refractivity contribution is 0.0909. The van der Waals surface area contributed by atoms with Gasteiger partial charge in [-0.05, 0) is 467 Å². The maximum Gasteiger partial charge on any atom is 0.251 e. The van der Waals surface area contributed by atoms with Crippen molar-refractivity contribution in [2.24, 2.45) is 29.6 Å². The number of carbonyl (C=O) groups is 5. The van der Waals surface area contributed by atoms with E-state index in [1.54, 1.807) is 121 Å². The molecule has 10 aromatic rings. The van der Waals surface area contributed by atoms with Gasteiger partial charge in [-0.3, -0.25) is 48.9 Å². The maximum absolute atomic E-state index is 12.4. The molecule has 15 rings (SSSR count). The van der Waals surface area contributed by atoms with Crippen LogP contribution in [0.5, 0.6) is 0 Å². The van der Waals surface area contributed by atoms with Gasteiger partial charge in [0.1, 0.15) is 0 Å². The Balaban J connectivity index is 0.000000152. The lowest BCUT2D eigenvalue weighted by Gasteiger charge is -2.33. The van der Waals surface area contributed by atoms with E-state index in [1.807, 2.05) is 65.6 Å². The van der Waals surface area contributed by atoms with Crippen molar-refractivity contribution in [3.8, 4) is 0 Å². The van der Waals surface area contributed by atoms with Crippen molar-refractivity contribution < 1.29 is 24.0 Å². The third-order valence-corrected chi connectivity index (χ3v) is 27.9. The van der Waals surface area contributed by atoms with E-state index < -0.39 is 0 Å². The predicted molar refractivity (Wildman–Crippen MR) is 510 cm³/mol. The molecule has 660 valence electrons. The van der Waals surface area contributed by atoms with Gasteiger partial charge in [-0.1, -0.05) is 58.0 Å². The molecule has 0 bridgehead atoms. The van der Waals surface area contributed by atoms with Crippen molar-refractivity contribution >= 4 is 87.5 Å². The van der Waals surface area contributed by atoms with Gasteiger partial charge in [0.05, 0.1) is 0 Å². The minimum Gasteiger partial charge on any atom is -0.349 e. The van der Waals surface area contributed by atoms with Crippen molar-refractivity contribution in [1.29, 1.82) is 0 Å². The molecule has 5 fully saturated rings. The Hall–Kier alpha value is -9.35. The van der Waals surface area contributed by atoms with Crippen LogP contribution in [0.4, 0.5) is 0 Å². The average Bonchev–Trinajstić information content (AvgIpc) is 0.846. The summed E-state index contributed by atoms with van der Waals surface area (Å²) >= 11 is 29.4. The molecule has 5 N–H and O–H groups in total. The molecule has 20 heteroatoms. The lowest BCUT2D eigenvalue weighted by atomic mass is 9.76. The predicted octanol–water partition coefficient (Wildman–Crippen LogP) is 25.7. The van der Waals surface area contributed by atoms with Crippen LogP contribution in [-0.2, 0) is 0 Å². The summed E-state index contributed by atoms with van der Waals surface area (Å²) in [4.78, 5) is 83.3. The second-order valence-electron chi connectivity index (χ2n) is 35.6. The zero-order valence-corrected chi connectivity index (χ0v) is 78.0. The van der Waals surface area contributed by atoms with Crippen LogP contribution < -0.4 is 26.6 Å². The smallest absolute Gasteiger partial charge is 0.251 e. The molecule has 1 unspecified atom stereocenters. The normalized spacial score (nSPS) is 21.6. The monoisotopic (exact) mass is 1780 g/mol. The zero-order chi connectivity index (χ0) is 89.1. The van der Waals surface area contributed by atoms with Gasteiger partial charge in [-0.25, -0.2) is 0 Å². The SMILES string of the molecule is Cc1cc(C2CCC(C(C)NC(=O)c3ccc(Cl)cc3)CC2)ccn1.Cc1cc(C2CCC([C@@H](C)NC(=O)c3ccc(Cl)cc3)CC2)ccn1.Cc1cc(C2CCC([C@@H](C)NC(=O)c3ccc(Cl)cc3)CC2)ccn1.Cc1cc(C2CCC([C@H](C)NC(=O)c3ccc(Cl)cc3)CC2)ccn1.Cc1cc(C2CCC([C@H](C)NC(=O)c3ccc(Cl)cc3)CC2)ccn1. The highest BCUT2D eigenvalue weighted by molar-refractivity contribution is 6.32. The number of aryl methyl sites for hydroxylation is 5. The van der Waals surface area contributed by atoms with Crippen molar-refractivity contribution in [3.63, 3.8) is 0 Å². The third kappa shape index (κ3) is 29.9. The molecule has 0 spiro atoms. The standard InChI is InChI=1S/5C21H25ClN2O/c5*1-14-13-19(11-12-23-14)17-5-3-16(4-6-17)15(2)24-21(25)18-7-9-20(22)10-8-18/h5*7-13,15-17H,3-6H2,1-2H3,(H,24,25)/t4*15-,16?,17?;/m1100./s1. The molecule has 5 aromatic heterocycles. The van der Waals surface area contributed by atoms with Crippen molar-refractivity contribution in [2.75, 3.05) is 0 Å². The molecule has 125 heavy (non-hydrogen) atoms. The minimum atomic E-state index is -0.0175. The summed E-state index contributed by atoms with van der Waals surface area (Å²) in [6.07, 6.45) is 32.8. The second kappa shape index (κ2) is 48.0. The molecule has 5 aliphatic rings. The summed E-state index contributed by atoms with van der Waals surface area (Å²) in [5.74, 6) is 5.71. The van der Waals surface area contributed by atoms with Crippen molar-refractivity contribution in [1.82, 2.24) is 51.5 Å². The highest BCUT2D eigenvalue weighted by atomic mass is 35.5. The molecule has 15 nitrogen and oxygen atoms in total. The van der Waals surface area contributed by atoms with Gasteiger partial charge in [0, 0.05) is 143 Å². The number of pyridine rings is 5. The van der Waals surface area contributed by atoms with E-state index in [9.17, 15) is 24.0 Å². The van der Waals surface area contributed by atoms with E-state index in [2.05, 4.69) is 147 Å². The van der Waals surface area contributed by atoms with Crippen LogP contribution in [0.2, 0.25) is 25.1 Å². The number of carbonyl (C=O) groups excluding carboxylic acids is 5. The van der Waals surface area contributed by atoms with Crippen molar-refractivity contribution in [3.05, 3.63) is 322 Å². The van der Waals surface area contributed by atoms with Gasteiger partial charge < -0.3 is 26.6 Å². The average molecular weight is 1780 g/mol. The number of halogens is 5. The quantitative estimate of drug-likeness (QED) is 0.0487. The van der Waals surface area contributed by atoms with Gasteiger partial charge >= 0.3 is 0 Å². The van der Waals surface area contributed by atoms with Crippen LogP contribution in [0, 0.1) is 64.2 Å². The van der Waals surface area contributed by atoms with Crippen LogP contribution in [0.1, 0.15) is 301 Å². The highest BCUT2D eigenvalue weighted by Gasteiger charge is 2.33. The molecule has 0 aliphatic heterocycles. The Labute approximate surface area is 766 Å². The van der Waals surface area contributed by atoms with Crippen LogP contribution >= 0.6 is 58.0 Å². The summed E-state index contributed by atoms with van der Waals surface area (Å²) in [6.45, 7) is 20.8. The number of nitrogens with one attached hydrogen (secondary N) is 5. The van der Waals surface area contributed by atoms with Crippen molar-refractivity contribution in [2.45, 2.75) is 257 Å². The number of benzene rings is 5. The third-order valence-electron chi connectivity index (χ3n) is 26.7. The van der Waals surface area contributed by atoms with Gasteiger partial charge in [0.2, 0.25) is 0 Å². The van der Waals surface area contributed by atoms with Gasteiger partial charge in [0.25, 0.3) is 29.5 Å². The number of aromatic nitrogens is 5. The number of amides is 5. The fourth-order valence-corrected chi connectivity index (χ4v) is 19.5. The Kier molecular flexibility index (Phi) is 37.0. The molecule has 0 radical (unpaired) electrons. The summed E-state index contributed by atoms with van der Waals surface area (Å²) < 4.78 is 0. The molecule has 5 aromatic carbocycles. The van der Waals surface area contributed by atoms with Crippen LogP contribution in [0.15, 0.2) is 213 Å². The van der Waals surface area contributed by atoms with E-state index in [-0.39, 0.29) is 59.7 Å². The fourth-order valence-electron chi connectivity index (χ4n) is 18.9. The van der Waals surface area contributed by atoms with E-state index in [0.29, 0.717) is 112 Å². The molecule has 5 saturated carbocycles. The molecular weight excluding hydrogens is 1660 g/mol. The Morgan fingerprint density at radius 1 is 0.232 bits per heavy atom. The van der Waals surface area contributed by atoms with Gasteiger partial charge in [-0.15, -0.1) is 0 Å². The number of hydrogen-bond donors (Lipinski definition) is 5. The minimum absolute atomic E-state index is 0.0175. The summed E-state index contributed by atoms with van der Waals surface area (Å²) in [5, 5.41) is 19.0. The number of rotatable bonds is 20. The maximum atomic E-state index is 12.4. The Morgan fingerprint density at radius 2 is 0.368 bits per heavy atom. The lowest BCUT2D eigenvalue weighted by Crippen LogP contribution is -2.39. The first-order valence-electron chi connectivity index (χ1n) is 45.1. The second-order valence-corrected chi connectivity index (χ2v) is 37.7. The first-order valence-corrected chi connectivity index (χ1v) is 47.0. The summed E-state index contributed by atoms with van der Waals surface area (Å²) in [7, 11) is 0. The van der Waals surface area contributed by atoms with E-state index in [4.69, 9.17) is 58.0 Å². The van der Waals surface area contributed by atoms with E-state index >= 15 is 0 Å². The Morgan fingerprint density at radius 3 is 0.496 bits per heavy atom. The highest BCUT2D eigenvalue weighted by Crippen LogP contribution is 2.43. The van der Waals surface area contributed by atoms with Gasteiger partial charge in [-0.2, -0.15) is 0 Å². The van der Waals surface area contributed by atoms with Crippen LogP contribution in [0.25, 0.3) is 0 Å². The molecule has 5 aliphatic carbocycles. The largest absolute Gasteiger partial charge is 0.349 e. The first-order chi connectivity index (χ1) is 60.1.